The summed E-state index contributed by atoms with van der Waals surface area (Å²) in [5.74, 6) is 1.01. The average molecular weight is 267 g/mol. The molecule has 0 bridgehead atoms. The molecular formula is C15H13N3O2. The van der Waals surface area contributed by atoms with Crippen LogP contribution in [-0.4, -0.2) is 20.2 Å². The van der Waals surface area contributed by atoms with Crippen LogP contribution in [0.1, 0.15) is 11.3 Å². The summed E-state index contributed by atoms with van der Waals surface area (Å²) in [6.45, 7) is 3.71. The van der Waals surface area contributed by atoms with Gasteiger partial charge in [0.25, 0.3) is 5.89 Å². The number of hydrogen-bond acceptors (Lipinski definition) is 5. The first-order valence-corrected chi connectivity index (χ1v) is 6.22. The topological polar surface area (TPSA) is 72.0 Å². The second-order valence-corrected chi connectivity index (χ2v) is 4.54. The predicted octanol–water partition coefficient (Wildman–Crippen LogP) is 3.12. The van der Waals surface area contributed by atoms with Gasteiger partial charge in [0.15, 0.2) is 0 Å². The lowest BCUT2D eigenvalue weighted by atomic mass is 10.1. The molecule has 0 fully saturated rings. The Morgan fingerprint density at radius 3 is 2.60 bits per heavy atom. The molecule has 2 heterocycles. The van der Waals surface area contributed by atoms with Gasteiger partial charge in [0.2, 0.25) is 5.82 Å². The van der Waals surface area contributed by atoms with Crippen LogP contribution < -0.4 is 0 Å². The van der Waals surface area contributed by atoms with E-state index in [2.05, 4.69) is 15.1 Å². The minimum atomic E-state index is 0.205. The normalized spacial score (nSPS) is 10.7. The van der Waals surface area contributed by atoms with Crippen molar-refractivity contribution in [3.63, 3.8) is 0 Å². The Morgan fingerprint density at radius 1 is 1.00 bits per heavy atom. The second-order valence-electron chi connectivity index (χ2n) is 4.54. The highest BCUT2D eigenvalue weighted by atomic mass is 16.5. The van der Waals surface area contributed by atoms with E-state index in [1.54, 1.807) is 19.1 Å². The molecule has 2 aromatic heterocycles. The molecule has 1 N–H and O–H groups in total. The van der Waals surface area contributed by atoms with Crippen molar-refractivity contribution in [3.8, 4) is 28.7 Å². The van der Waals surface area contributed by atoms with Crippen LogP contribution in [0.15, 0.2) is 40.9 Å². The third-order valence-electron chi connectivity index (χ3n) is 3.08. The van der Waals surface area contributed by atoms with Crippen LogP contribution in [0.5, 0.6) is 5.75 Å². The maximum Gasteiger partial charge on any atom is 0.258 e. The first kappa shape index (κ1) is 12.3. The van der Waals surface area contributed by atoms with E-state index in [9.17, 15) is 5.11 Å². The summed E-state index contributed by atoms with van der Waals surface area (Å²) >= 11 is 0. The molecule has 3 rings (SSSR count). The highest BCUT2D eigenvalue weighted by Crippen LogP contribution is 2.29. The Labute approximate surface area is 115 Å². The Morgan fingerprint density at radius 2 is 1.80 bits per heavy atom. The van der Waals surface area contributed by atoms with Gasteiger partial charge in [-0.3, -0.25) is 0 Å². The van der Waals surface area contributed by atoms with E-state index in [0.717, 1.165) is 11.3 Å². The van der Waals surface area contributed by atoms with Gasteiger partial charge in [-0.25, -0.2) is 4.98 Å². The molecule has 5 heteroatoms. The summed E-state index contributed by atoms with van der Waals surface area (Å²) in [7, 11) is 0. The zero-order chi connectivity index (χ0) is 14.1. The third-order valence-corrected chi connectivity index (χ3v) is 3.08. The molecule has 0 aliphatic rings. The number of pyridine rings is 1. The van der Waals surface area contributed by atoms with Crippen LogP contribution >= 0.6 is 0 Å². The van der Waals surface area contributed by atoms with E-state index in [-0.39, 0.29) is 5.75 Å². The molecule has 100 valence electrons. The smallest absolute Gasteiger partial charge is 0.258 e. The van der Waals surface area contributed by atoms with Crippen molar-refractivity contribution >= 4 is 0 Å². The summed E-state index contributed by atoms with van der Waals surface area (Å²) in [6.07, 6.45) is 0. The van der Waals surface area contributed by atoms with Crippen molar-refractivity contribution in [3.05, 3.63) is 47.7 Å². The highest BCUT2D eigenvalue weighted by molar-refractivity contribution is 5.63. The molecule has 0 amide bonds. The standard InChI is InChI=1S/C15H13N3O2/c1-9-5-3-7-12(16-9)14-17-15(20-18-14)11-6-4-8-13(19)10(11)2/h3-8,19H,1-2H3. The molecule has 0 aliphatic carbocycles. The quantitative estimate of drug-likeness (QED) is 0.772. The predicted molar refractivity (Wildman–Crippen MR) is 74.1 cm³/mol. The minimum Gasteiger partial charge on any atom is -0.508 e. The van der Waals surface area contributed by atoms with Crippen molar-refractivity contribution in [2.45, 2.75) is 13.8 Å². The number of benzene rings is 1. The van der Waals surface area contributed by atoms with Crippen LogP contribution in [0.25, 0.3) is 23.0 Å². The zero-order valence-electron chi connectivity index (χ0n) is 11.2. The number of nitrogens with zero attached hydrogens (tertiary/aromatic N) is 3. The van der Waals surface area contributed by atoms with Gasteiger partial charge in [-0.05, 0) is 38.1 Å². The molecule has 20 heavy (non-hydrogen) atoms. The summed E-state index contributed by atoms with van der Waals surface area (Å²) in [5.41, 5.74) is 2.98. The number of rotatable bonds is 2. The van der Waals surface area contributed by atoms with Crippen LogP contribution in [0.3, 0.4) is 0 Å². The average Bonchev–Trinajstić information content (AvgIpc) is 2.91. The van der Waals surface area contributed by atoms with E-state index in [0.29, 0.717) is 23.0 Å². The Hall–Kier alpha value is -2.69. The second kappa shape index (κ2) is 4.77. The van der Waals surface area contributed by atoms with Gasteiger partial charge in [0, 0.05) is 16.8 Å². The number of phenols is 1. The Balaban J connectivity index is 2.04. The molecule has 0 atom stereocenters. The van der Waals surface area contributed by atoms with Gasteiger partial charge < -0.3 is 9.63 Å². The largest absolute Gasteiger partial charge is 0.508 e. The number of phenolic OH excluding ortho intramolecular Hbond substituents is 1. The molecule has 0 aliphatic heterocycles. The lowest BCUT2D eigenvalue weighted by Gasteiger charge is -2.01. The SMILES string of the molecule is Cc1cccc(-c2noc(-c3cccc(O)c3C)n2)n1. The van der Waals surface area contributed by atoms with E-state index in [1.807, 2.05) is 31.2 Å². The van der Waals surface area contributed by atoms with Crippen LogP contribution in [-0.2, 0) is 0 Å². The molecule has 5 nitrogen and oxygen atoms in total. The number of aryl methyl sites for hydroxylation is 1. The molecular weight excluding hydrogens is 254 g/mol. The lowest BCUT2D eigenvalue weighted by Crippen LogP contribution is -1.88. The first-order valence-electron chi connectivity index (χ1n) is 6.22. The van der Waals surface area contributed by atoms with E-state index < -0.39 is 0 Å². The fourth-order valence-corrected chi connectivity index (χ4v) is 1.96. The highest BCUT2D eigenvalue weighted by Gasteiger charge is 2.14. The van der Waals surface area contributed by atoms with Crippen molar-refractivity contribution in [1.82, 2.24) is 15.1 Å². The Kier molecular flexibility index (Phi) is 2.95. The monoisotopic (exact) mass is 267 g/mol. The van der Waals surface area contributed by atoms with Crippen LogP contribution in [0.2, 0.25) is 0 Å². The van der Waals surface area contributed by atoms with E-state index in [1.165, 1.54) is 0 Å². The summed E-state index contributed by atoms with van der Waals surface area (Å²) in [6, 6.07) is 10.8. The van der Waals surface area contributed by atoms with Crippen LogP contribution in [0.4, 0.5) is 0 Å². The lowest BCUT2D eigenvalue weighted by molar-refractivity contribution is 0.430. The molecule has 0 spiro atoms. The van der Waals surface area contributed by atoms with Crippen molar-refractivity contribution in [2.75, 3.05) is 0 Å². The van der Waals surface area contributed by atoms with Crippen LogP contribution in [0, 0.1) is 13.8 Å². The third kappa shape index (κ3) is 2.14. The maximum atomic E-state index is 9.72. The summed E-state index contributed by atoms with van der Waals surface area (Å²) in [4.78, 5) is 8.70. The zero-order valence-corrected chi connectivity index (χ0v) is 11.2. The summed E-state index contributed by atoms with van der Waals surface area (Å²) in [5, 5.41) is 13.7. The van der Waals surface area contributed by atoms with Crippen molar-refractivity contribution in [1.29, 1.82) is 0 Å². The molecule has 1 aromatic carbocycles. The van der Waals surface area contributed by atoms with Gasteiger partial charge in [-0.15, -0.1) is 0 Å². The summed E-state index contributed by atoms with van der Waals surface area (Å²) < 4.78 is 5.27. The molecule has 0 saturated heterocycles. The Bertz CT molecular complexity index is 765. The molecule has 0 unspecified atom stereocenters. The van der Waals surface area contributed by atoms with Crippen molar-refractivity contribution < 1.29 is 9.63 Å². The van der Waals surface area contributed by atoms with Gasteiger partial charge in [0.1, 0.15) is 11.4 Å². The fraction of sp³-hybridized carbons (Fsp3) is 0.133. The first-order chi connectivity index (χ1) is 9.65. The molecule has 3 aromatic rings. The van der Waals surface area contributed by atoms with Gasteiger partial charge >= 0.3 is 0 Å². The molecule has 0 radical (unpaired) electrons. The maximum absolute atomic E-state index is 9.72. The van der Waals surface area contributed by atoms with E-state index in [4.69, 9.17) is 4.52 Å². The van der Waals surface area contributed by atoms with E-state index >= 15 is 0 Å². The van der Waals surface area contributed by atoms with Gasteiger partial charge in [0.05, 0.1) is 0 Å². The number of hydrogen-bond donors (Lipinski definition) is 1. The number of aromatic nitrogens is 3. The minimum absolute atomic E-state index is 0.205. The van der Waals surface area contributed by atoms with Crippen molar-refractivity contribution in [2.24, 2.45) is 0 Å². The van der Waals surface area contributed by atoms with Gasteiger partial charge in [-0.2, -0.15) is 4.98 Å². The fourth-order valence-electron chi connectivity index (χ4n) is 1.96. The number of aromatic hydroxyl groups is 1. The van der Waals surface area contributed by atoms with Gasteiger partial charge in [-0.1, -0.05) is 17.3 Å². The molecule has 0 saturated carbocycles.